The molecule has 0 aliphatic heterocycles. The first kappa shape index (κ1) is 25.2. The van der Waals surface area contributed by atoms with Crippen LogP contribution in [0.5, 0.6) is 0 Å². The van der Waals surface area contributed by atoms with E-state index in [9.17, 15) is 9.59 Å². The van der Waals surface area contributed by atoms with E-state index in [0.29, 0.717) is 29.6 Å². The lowest BCUT2D eigenvalue weighted by atomic mass is 10.0. The summed E-state index contributed by atoms with van der Waals surface area (Å²) in [6.45, 7) is 2.68. The normalized spacial score (nSPS) is 11.6. The van der Waals surface area contributed by atoms with Gasteiger partial charge in [0.15, 0.2) is 0 Å². The Morgan fingerprint density at radius 2 is 1.48 bits per heavy atom. The third kappa shape index (κ3) is 7.81. The molecule has 0 saturated heterocycles. The highest BCUT2D eigenvalue weighted by Crippen LogP contribution is 2.23. The molecule has 0 aliphatic rings. The van der Waals surface area contributed by atoms with E-state index in [1.807, 2.05) is 61.5 Å². The fourth-order valence-electron chi connectivity index (χ4n) is 3.39. The molecule has 33 heavy (non-hydrogen) atoms. The van der Waals surface area contributed by atoms with Gasteiger partial charge in [0.1, 0.15) is 6.04 Å². The number of likely N-dealkylation sites (N-methyl/N-ethyl adjacent to an activating group) is 1. The monoisotopic (exact) mass is 500 g/mol. The number of amides is 2. The quantitative estimate of drug-likeness (QED) is 0.354. The zero-order valence-corrected chi connectivity index (χ0v) is 20.7. The summed E-state index contributed by atoms with van der Waals surface area (Å²) in [6, 6.07) is 23.8. The Labute approximate surface area is 209 Å². The highest BCUT2D eigenvalue weighted by Gasteiger charge is 2.30. The van der Waals surface area contributed by atoms with Crippen LogP contribution in [0.4, 0.5) is 0 Å². The van der Waals surface area contributed by atoms with Crippen molar-refractivity contribution in [3.63, 3.8) is 0 Å². The number of nitrogens with one attached hydrogen (secondary N) is 1. The second-order valence-corrected chi connectivity index (χ2v) is 9.41. The molecule has 7 heteroatoms. The Bertz CT molecular complexity index is 1040. The van der Waals surface area contributed by atoms with E-state index in [0.717, 1.165) is 16.0 Å². The lowest BCUT2D eigenvalue weighted by Crippen LogP contribution is -2.51. The van der Waals surface area contributed by atoms with Crippen molar-refractivity contribution in [1.29, 1.82) is 0 Å². The third-order valence-electron chi connectivity index (χ3n) is 5.06. The van der Waals surface area contributed by atoms with Crippen LogP contribution in [0.2, 0.25) is 10.0 Å². The molecule has 0 fully saturated rings. The largest absolute Gasteiger partial charge is 0.355 e. The van der Waals surface area contributed by atoms with Crippen LogP contribution in [-0.4, -0.2) is 35.1 Å². The molecule has 0 saturated carbocycles. The lowest BCUT2D eigenvalue weighted by molar-refractivity contribution is -0.139. The molecule has 3 aromatic carbocycles. The van der Waals surface area contributed by atoms with Crippen molar-refractivity contribution in [3.8, 4) is 0 Å². The van der Waals surface area contributed by atoms with Crippen LogP contribution in [0.1, 0.15) is 18.1 Å². The minimum absolute atomic E-state index is 0.114. The van der Waals surface area contributed by atoms with E-state index in [2.05, 4.69) is 5.32 Å². The van der Waals surface area contributed by atoms with E-state index in [1.54, 1.807) is 29.2 Å². The molecule has 1 N–H and O–H groups in total. The number of thioether (sulfide) groups is 1. The van der Waals surface area contributed by atoms with Crippen molar-refractivity contribution in [2.24, 2.45) is 0 Å². The van der Waals surface area contributed by atoms with Crippen LogP contribution in [0.3, 0.4) is 0 Å². The van der Waals surface area contributed by atoms with Gasteiger partial charge in [0.25, 0.3) is 0 Å². The molecule has 0 bridgehead atoms. The lowest BCUT2D eigenvalue weighted by Gasteiger charge is -2.31. The summed E-state index contributed by atoms with van der Waals surface area (Å²) in [7, 11) is 0. The molecule has 0 aliphatic carbocycles. The second kappa shape index (κ2) is 12.7. The Hall–Kier alpha value is -2.47. The average molecular weight is 501 g/mol. The van der Waals surface area contributed by atoms with Gasteiger partial charge in [0.2, 0.25) is 11.8 Å². The molecule has 4 nitrogen and oxygen atoms in total. The van der Waals surface area contributed by atoms with Crippen molar-refractivity contribution in [1.82, 2.24) is 10.2 Å². The Morgan fingerprint density at radius 1 is 0.879 bits per heavy atom. The molecular weight excluding hydrogens is 475 g/mol. The number of halogens is 2. The summed E-state index contributed by atoms with van der Waals surface area (Å²) in [5, 5.41) is 4.17. The van der Waals surface area contributed by atoms with Crippen LogP contribution >= 0.6 is 35.0 Å². The summed E-state index contributed by atoms with van der Waals surface area (Å²) in [5.41, 5.74) is 1.90. The van der Waals surface area contributed by atoms with Gasteiger partial charge >= 0.3 is 0 Å². The van der Waals surface area contributed by atoms with Gasteiger partial charge in [0.05, 0.1) is 5.75 Å². The molecule has 0 unspecified atom stereocenters. The predicted octanol–water partition coefficient (Wildman–Crippen LogP) is 5.86. The highest BCUT2D eigenvalue weighted by molar-refractivity contribution is 8.00. The molecule has 172 valence electrons. The van der Waals surface area contributed by atoms with Crippen LogP contribution in [-0.2, 0) is 22.6 Å². The van der Waals surface area contributed by atoms with Gasteiger partial charge in [-0.1, -0.05) is 65.7 Å². The summed E-state index contributed by atoms with van der Waals surface area (Å²) >= 11 is 13.4. The maximum atomic E-state index is 13.5. The molecule has 0 heterocycles. The van der Waals surface area contributed by atoms with Gasteiger partial charge in [-0.15, -0.1) is 11.8 Å². The van der Waals surface area contributed by atoms with Gasteiger partial charge < -0.3 is 10.2 Å². The Morgan fingerprint density at radius 3 is 2.09 bits per heavy atom. The van der Waals surface area contributed by atoms with E-state index in [-0.39, 0.29) is 17.6 Å². The number of nitrogens with zero attached hydrogens (tertiary/aromatic N) is 1. The average Bonchev–Trinajstić information content (AvgIpc) is 2.82. The first-order chi connectivity index (χ1) is 16.0. The maximum Gasteiger partial charge on any atom is 0.243 e. The van der Waals surface area contributed by atoms with Crippen molar-refractivity contribution >= 4 is 46.8 Å². The molecule has 2 amide bonds. The molecule has 0 spiro atoms. The highest BCUT2D eigenvalue weighted by atomic mass is 35.5. The van der Waals surface area contributed by atoms with Gasteiger partial charge in [-0.2, -0.15) is 0 Å². The molecule has 0 radical (unpaired) electrons. The van der Waals surface area contributed by atoms with E-state index in [1.165, 1.54) is 11.8 Å². The Kier molecular flexibility index (Phi) is 9.67. The van der Waals surface area contributed by atoms with Crippen molar-refractivity contribution < 1.29 is 9.59 Å². The second-order valence-electron chi connectivity index (χ2n) is 7.49. The van der Waals surface area contributed by atoms with E-state index >= 15 is 0 Å². The standard InChI is InChI=1S/C26H26Cl2N2O2S/c1-2-29-26(32)24(16-19-6-4-3-5-7-19)30(17-20-8-10-21(27)11-9-20)25(31)18-33-23-14-12-22(28)13-15-23/h3-15,24H,2,16-18H2,1H3,(H,29,32)/t24-/m0/s1. The number of carbonyl (C=O) groups excluding carboxylic acids is 2. The zero-order valence-electron chi connectivity index (χ0n) is 18.3. The number of hydrogen-bond donors (Lipinski definition) is 1. The third-order valence-corrected chi connectivity index (χ3v) is 6.56. The van der Waals surface area contributed by atoms with Crippen LogP contribution in [0.25, 0.3) is 0 Å². The zero-order chi connectivity index (χ0) is 23.6. The minimum Gasteiger partial charge on any atom is -0.355 e. The van der Waals surface area contributed by atoms with Gasteiger partial charge in [-0.25, -0.2) is 0 Å². The first-order valence-corrected chi connectivity index (χ1v) is 12.4. The van der Waals surface area contributed by atoms with Crippen molar-refractivity contribution in [3.05, 3.63) is 100 Å². The minimum atomic E-state index is -0.638. The number of hydrogen-bond acceptors (Lipinski definition) is 3. The molecule has 3 aromatic rings. The summed E-state index contributed by atoms with van der Waals surface area (Å²) in [4.78, 5) is 29.2. The van der Waals surface area contributed by atoms with Crippen LogP contribution < -0.4 is 5.32 Å². The van der Waals surface area contributed by atoms with Crippen LogP contribution in [0, 0.1) is 0 Å². The fourth-order valence-corrected chi connectivity index (χ4v) is 4.43. The predicted molar refractivity (Wildman–Crippen MR) is 137 cm³/mol. The number of rotatable bonds is 10. The van der Waals surface area contributed by atoms with Crippen LogP contribution in [0.15, 0.2) is 83.8 Å². The summed E-state index contributed by atoms with van der Waals surface area (Å²) < 4.78 is 0. The van der Waals surface area contributed by atoms with Gasteiger partial charge in [0, 0.05) is 34.5 Å². The van der Waals surface area contributed by atoms with Crippen molar-refractivity contribution in [2.75, 3.05) is 12.3 Å². The molecular formula is C26H26Cl2N2O2S. The van der Waals surface area contributed by atoms with Gasteiger partial charge in [-0.3, -0.25) is 9.59 Å². The number of benzene rings is 3. The fraction of sp³-hybridized carbons (Fsp3) is 0.231. The Balaban J connectivity index is 1.87. The molecule has 1 atom stereocenters. The molecule has 3 rings (SSSR count). The van der Waals surface area contributed by atoms with Gasteiger partial charge in [-0.05, 0) is 54.4 Å². The number of carbonyl (C=O) groups is 2. The first-order valence-electron chi connectivity index (χ1n) is 10.7. The van der Waals surface area contributed by atoms with Crippen molar-refractivity contribution in [2.45, 2.75) is 30.8 Å². The summed E-state index contributed by atoms with van der Waals surface area (Å²) in [5.74, 6) is -0.0721. The molecule has 0 aromatic heterocycles. The van der Waals surface area contributed by atoms with E-state index < -0.39 is 6.04 Å². The topological polar surface area (TPSA) is 49.4 Å². The SMILES string of the molecule is CCNC(=O)[C@H](Cc1ccccc1)N(Cc1ccc(Cl)cc1)C(=O)CSc1ccc(Cl)cc1. The maximum absolute atomic E-state index is 13.5. The summed E-state index contributed by atoms with van der Waals surface area (Å²) in [6.07, 6.45) is 0.428. The smallest absolute Gasteiger partial charge is 0.243 e. The van der Waals surface area contributed by atoms with E-state index in [4.69, 9.17) is 23.2 Å².